The lowest BCUT2D eigenvalue weighted by atomic mass is 10.1. The molecule has 0 saturated carbocycles. The summed E-state index contributed by atoms with van der Waals surface area (Å²) in [5, 5.41) is 0. The highest BCUT2D eigenvalue weighted by molar-refractivity contribution is 5.75. The first-order valence-corrected chi connectivity index (χ1v) is 8.96. The molecule has 2 aromatic heterocycles. The number of ether oxygens (including phenoxy) is 1. The van der Waals surface area contributed by atoms with Gasteiger partial charge in [-0.3, -0.25) is 4.40 Å². The van der Waals surface area contributed by atoms with Gasteiger partial charge in [0.05, 0.1) is 24.6 Å². The lowest BCUT2D eigenvalue weighted by Crippen LogP contribution is -2.37. The van der Waals surface area contributed by atoms with Crippen LogP contribution in [0.15, 0.2) is 30.2 Å². The maximum Gasteiger partial charge on any atom is 0.181 e. The van der Waals surface area contributed by atoms with Crippen LogP contribution in [0.1, 0.15) is 24.7 Å². The van der Waals surface area contributed by atoms with Crippen LogP contribution in [-0.2, 0) is 4.74 Å². The predicted octanol–water partition coefficient (Wildman–Crippen LogP) is 2.50. The van der Waals surface area contributed by atoms with Crippen molar-refractivity contribution in [3.05, 3.63) is 41.6 Å². The van der Waals surface area contributed by atoms with Gasteiger partial charge in [-0.1, -0.05) is 13.0 Å². The van der Waals surface area contributed by atoms with Gasteiger partial charge in [0.25, 0.3) is 0 Å². The molecule has 0 aromatic carbocycles. The summed E-state index contributed by atoms with van der Waals surface area (Å²) in [5.74, 6) is 0.953. The van der Waals surface area contributed by atoms with Crippen LogP contribution in [0.3, 0.4) is 0 Å². The topological polar surface area (TPSA) is 45.9 Å². The van der Waals surface area contributed by atoms with Crippen molar-refractivity contribution in [2.75, 3.05) is 44.8 Å². The van der Waals surface area contributed by atoms with Crippen molar-refractivity contribution >= 4 is 17.0 Å². The fourth-order valence-corrected chi connectivity index (χ4v) is 3.74. The number of aromatic nitrogens is 3. The molecule has 25 heavy (non-hydrogen) atoms. The van der Waals surface area contributed by atoms with Crippen molar-refractivity contribution in [3.8, 4) is 0 Å². The first kappa shape index (κ1) is 16.1. The number of hydrogen-bond acceptors (Lipinski definition) is 5. The molecule has 0 bridgehead atoms. The smallest absolute Gasteiger partial charge is 0.181 e. The average Bonchev–Trinajstić information content (AvgIpc) is 2.98. The monoisotopic (exact) mass is 339 g/mol. The first-order valence-electron chi connectivity index (χ1n) is 8.96. The van der Waals surface area contributed by atoms with E-state index in [0.717, 1.165) is 56.4 Å². The lowest BCUT2D eigenvalue weighted by Gasteiger charge is -2.28. The maximum absolute atomic E-state index is 5.47. The molecule has 6 heteroatoms. The molecule has 0 N–H and O–H groups in total. The Morgan fingerprint density at radius 1 is 1.20 bits per heavy atom. The van der Waals surface area contributed by atoms with E-state index in [-0.39, 0.29) is 0 Å². The summed E-state index contributed by atoms with van der Waals surface area (Å²) in [5.41, 5.74) is 5.83. The second-order valence-corrected chi connectivity index (χ2v) is 6.65. The summed E-state index contributed by atoms with van der Waals surface area (Å²) in [4.78, 5) is 14.1. The van der Waals surface area contributed by atoms with Crippen molar-refractivity contribution < 1.29 is 4.74 Å². The average molecular weight is 339 g/mol. The van der Waals surface area contributed by atoms with Gasteiger partial charge >= 0.3 is 0 Å². The fourth-order valence-electron chi connectivity index (χ4n) is 3.74. The SMILES string of the molecule is CCC1=CC=C(c2c(C)nc3c(N4CCOCC4)nccn23)CN1C. The van der Waals surface area contributed by atoms with Crippen LogP contribution in [0.5, 0.6) is 0 Å². The molecule has 0 radical (unpaired) electrons. The van der Waals surface area contributed by atoms with Crippen molar-refractivity contribution in [2.24, 2.45) is 0 Å². The Morgan fingerprint density at radius 3 is 2.72 bits per heavy atom. The Balaban J connectivity index is 1.80. The summed E-state index contributed by atoms with van der Waals surface area (Å²) in [6.45, 7) is 8.41. The van der Waals surface area contributed by atoms with Crippen molar-refractivity contribution in [2.45, 2.75) is 20.3 Å². The summed E-state index contributed by atoms with van der Waals surface area (Å²) >= 11 is 0. The molecule has 1 fully saturated rings. The van der Waals surface area contributed by atoms with Crippen molar-refractivity contribution in [1.82, 2.24) is 19.3 Å². The van der Waals surface area contributed by atoms with Gasteiger partial charge in [0.1, 0.15) is 0 Å². The van der Waals surface area contributed by atoms with Gasteiger partial charge in [-0.2, -0.15) is 0 Å². The van der Waals surface area contributed by atoms with Gasteiger partial charge in [0.15, 0.2) is 11.5 Å². The number of likely N-dealkylation sites (N-methyl/N-ethyl adjacent to an activating group) is 1. The Hall–Kier alpha value is -2.34. The lowest BCUT2D eigenvalue weighted by molar-refractivity contribution is 0.122. The van der Waals surface area contributed by atoms with Crippen LogP contribution in [0.2, 0.25) is 0 Å². The number of imidazole rings is 1. The molecular weight excluding hydrogens is 314 g/mol. The van der Waals surface area contributed by atoms with Crippen molar-refractivity contribution in [3.63, 3.8) is 0 Å². The van der Waals surface area contributed by atoms with E-state index in [1.165, 1.54) is 17.0 Å². The Morgan fingerprint density at radius 2 is 2.00 bits per heavy atom. The number of fused-ring (bicyclic) bond motifs is 1. The van der Waals surface area contributed by atoms with Gasteiger partial charge in [0.2, 0.25) is 0 Å². The van der Waals surface area contributed by atoms with E-state index in [1.807, 2.05) is 12.4 Å². The van der Waals surface area contributed by atoms with Crippen molar-refractivity contribution in [1.29, 1.82) is 0 Å². The third-order valence-electron chi connectivity index (χ3n) is 5.05. The molecule has 1 saturated heterocycles. The zero-order valence-electron chi connectivity index (χ0n) is 15.2. The fraction of sp³-hybridized carbons (Fsp3) is 0.474. The molecule has 0 unspecified atom stereocenters. The molecule has 2 aliphatic rings. The highest BCUT2D eigenvalue weighted by Crippen LogP contribution is 2.29. The molecule has 2 aliphatic heterocycles. The molecule has 6 nitrogen and oxygen atoms in total. The number of hydrogen-bond donors (Lipinski definition) is 0. The number of anilines is 1. The molecule has 4 rings (SSSR count). The number of rotatable bonds is 3. The van der Waals surface area contributed by atoms with Crippen LogP contribution in [0.4, 0.5) is 5.82 Å². The van der Waals surface area contributed by atoms with E-state index in [1.54, 1.807) is 0 Å². The molecular formula is C19H25N5O. The van der Waals surface area contributed by atoms with Gasteiger partial charge in [-0.05, 0) is 25.0 Å². The third kappa shape index (κ3) is 2.80. The maximum atomic E-state index is 5.47. The summed E-state index contributed by atoms with van der Waals surface area (Å²) < 4.78 is 7.66. The van der Waals surface area contributed by atoms with Crippen LogP contribution in [0, 0.1) is 6.92 Å². The normalized spacial score (nSPS) is 18.5. The second-order valence-electron chi connectivity index (χ2n) is 6.65. The summed E-state index contributed by atoms with van der Waals surface area (Å²) in [6, 6.07) is 0. The molecule has 0 spiro atoms. The van der Waals surface area contributed by atoms with E-state index < -0.39 is 0 Å². The van der Waals surface area contributed by atoms with Crippen LogP contribution in [0.25, 0.3) is 11.2 Å². The zero-order valence-corrected chi connectivity index (χ0v) is 15.2. The zero-order chi connectivity index (χ0) is 17.4. The molecule has 132 valence electrons. The number of aryl methyl sites for hydroxylation is 1. The van der Waals surface area contributed by atoms with E-state index in [9.17, 15) is 0 Å². The van der Waals surface area contributed by atoms with E-state index in [4.69, 9.17) is 9.72 Å². The van der Waals surface area contributed by atoms with Crippen LogP contribution < -0.4 is 4.90 Å². The summed E-state index contributed by atoms with van der Waals surface area (Å²) in [6.07, 6.45) is 9.42. The Kier molecular flexibility index (Phi) is 4.21. The molecule has 0 amide bonds. The Bertz CT molecular complexity index is 845. The van der Waals surface area contributed by atoms with Crippen LogP contribution >= 0.6 is 0 Å². The Labute approximate surface area is 148 Å². The summed E-state index contributed by atoms with van der Waals surface area (Å²) in [7, 11) is 2.15. The highest BCUT2D eigenvalue weighted by Gasteiger charge is 2.22. The molecule has 0 aliphatic carbocycles. The van der Waals surface area contributed by atoms with Gasteiger partial charge in [0, 0.05) is 44.8 Å². The first-order chi connectivity index (χ1) is 12.2. The minimum atomic E-state index is 0.746. The predicted molar refractivity (Wildman–Crippen MR) is 99.7 cm³/mol. The largest absolute Gasteiger partial charge is 0.378 e. The van der Waals surface area contributed by atoms with E-state index in [2.05, 4.69) is 52.2 Å². The molecule has 0 atom stereocenters. The highest BCUT2D eigenvalue weighted by atomic mass is 16.5. The van der Waals surface area contributed by atoms with Gasteiger partial charge in [-0.15, -0.1) is 0 Å². The molecule has 2 aromatic rings. The minimum absolute atomic E-state index is 0.746. The van der Waals surface area contributed by atoms with Gasteiger partial charge < -0.3 is 14.5 Å². The standard InChI is InChI=1S/C19H25N5O/c1-4-16-6-5-15(13-22(16)3)17-14(2)21-19-18(20-7-8-24(17)19)23-9-11-25-12-10-23/h5-8H,4,9-13H2,1-3H3. The molecule has 4 heterocycles. The number of allylic oxidation sites excluding steroid dienone is 3. The quantitative estimate of drug-likeness (QED) is 0.860. The van der Waals surface area contributed by atoms with Crippen LogP contribution in [-0.4, -0.2) is 59.2 Å². The number of nitrogens with zero attached hydrogens (tertiary/aromatic N) is 5. The van der Waals surface area contributed by atoms with E-state index in [0.29, 0.717) is 0 Å². The third-order valence-corrected chi connectivity index (χ3v) is 5.05. The minimum Gasteiger partial charge on any atom is -0.378 e. The number of morpholine rings is 1. The van der Waals surface area contributed by atoms with Gasteiger partial charge in [-0.25, -0.2) is 9.97 Å². The second kappa shape index (κ2) is 6.52. The van der Waals surface area contributed by atoms with E-state index >= 15 is 0 Å².